The summed E-state index contributed by atoms with van der Waals surface area (Å²) in [6.45, 7) is 2.03. The van der Waals surface area contributed by atoms with Gasteiger partial charge in [-0.15, -0.1) is 0 Å². The predicted octanol–water partition coefficient (Wildman–Crippen LogP) is 2.04. The molecule has 5 nitrogen and oxygen atoms in total. The van der Waals surface area contributed by atoms with Crippen molar-refractivity contribution in [2.75, 3.05) is 25.1 Å². The Morgan fingerprint density at radius 3 is 2.50 bits per heavy atom. The first-order chi connectivity index (χ1) is 11.6. The minimum atomic E-state index is -0.961. The second-order valence-electron chi connectivity index (χ2n) is 6.06. The van der Waals surface area contributed by atoms with Crippen molar-refractivity contribution in [2.45, 2.75) is 38.3 Å². The van der Waals surface area contributed by atoms with Crippen LogP contribution >= 0.6 is 11.8 Å². The number of piperidine rings is 1. The first kappa shape index (κ1) is 18.8. The molecule has 1 saturated heterocycles. The molecule has 132 valence electrons. The van der Waals surface area contributed by atoms with Crippen LogP contribution in [0.1, 0.15) is 41.6 Å². The van der Waals surface area contributed by atoms with Crippen molar-refractivity contribution >= 4 is 23.6 Å². The van der Waals surface area contributed by atoms with Crippen LogP contribution in [0.15, 0.2) is 24.3 Å². The number of thioether (sulfide) groups is 1. The number of likely N-dealkylation sites (tertiary alicyclic amines) is 1. The first-order valence-electron chi connectivity index (χ1n) is 8.44. The van der Waals surface area contributed by atoms with Crippen LogP contribution in [-0.4, -0.2) is 53.0 Å². The van der Waals surface area contributed by atoms with Crippen LogP contribution in [0.4, 0.5) is 0 Å². The third kappa shape index (κ3) is 5.53. The molecule has 1 aromatic carbocycles. The van der Waals surface area contributed by atoms with Crippen molar-refractivity contribution in [1.29, 1.82) is 0 Å². The molecule has 1 aliphatic heterocycles. The SMILES string of the molecule is CSCC[C@@H](O)C(=O)NCc1ccc(C(=O)N2CCCCC2)cc1. The van der Waals surface area contributed by atoms with E-state index in [1.165, 1.54) is 6.42 Å². The van der Waals surface area contributed by atoms with Crippen LogP contribution in [0, 0.1) is 0 Å². The number of benzene rings is 1. The minimum absolute atomic E-state index is 0.0813. The fourth-order valence-electron chi connectivity index (χ4n) is 2.71. The zero-order chi connectivity index (χ0) is 17.4. The van der Waals surface area contributed by atoms with E-state index in [2.05, 4.69) is 5.32 Å². The highest BCUT2D eigenvalue weighted by molar-refractivity contribution is 7.98. The van der Waals surface area contributed by atoms with Gasteiger partial charge >= 0.3 is 0 Å². The number of hydrogen-bond acceptors (Lipinski definition) is 4. The van der Waals surface area contributed by atoms with E-state index < -0.39 is 6.10 Å². The molecule has 6 heteroatoms. The average Bonchev–Trinajstić information content (AvgIpc) is 2.64. The van der Waals surface area contributed by atoms with Gasteiger partial charge in [0.25, 0.3) is 5.91 Å². The van der Waals surface area contributed by atoms with Crippen LogP contribution in [0.2, 0.25) is 0 Å². The van der Waals surface area contributed by atoms with E-state index in [4.69, 9.17) is 0 Å². The van der Waals surface area contributed by atoms with E-state index in [-0.39, 0.29) is 11.8 Å². The summed E-state index contributed by atoms with van der Waals surface area (Å²) >= 11 is 1.60. The standard InChI is InChI=1S/C18H26N2O3S/c1-24-12-9-16(21)17(22)19-13-14-5-7-15(8-6-14)18(23)20-10-3-2-4-11-20/h5-8,16,21H,2-4,9-13H2,1H3,(H,19,22)/t16-/m1/s1. The molecule has 1 atom stereocenters. The molecule has 0 saturated carbocycles. The van der Waals surface area contributed by atoms with Crippen LogP contribution in [-0.2, 0) is 11.3 Å². The summed E-state index contributed by atoms with van der Waals surface area (Å²) in [6, 6.07) is 7.32. The van der Waals surface area contributed by atoms with Gasteiger partial charge in [0, 0.05) is 25.2 Å². The lowest BCUT2D eigenvalue weighted by molar-refractivity contribution is -0.129. The van der Waals surface area contributed by atoms with Crippen molar-refractivity contribution in [1.82, 2.24) is 10.2 Å². The fourth-order valence-corrected chi connectivity index (χ4v) is 3.17. The van der Waals surface area contributed by atoms with Crippen LogP contribution in [0.5, 0.6) is 0 Å². The van der Waals surface area contributed by atoms with Crippen LogP contribution in [0.25, 0.3) is 0 Å². The van der Waals surface area contributed by atoms with Crippen molar-refractivity contribution in [2.24, 2.45) is 0 Å². The highest BCUT2D eigenvalue weighted by atomic mass is 32.2. The van der Waals surface area contributed by atoms with Gasteiger partial charge < -0.3 is 15.3 Å². The van der Waals surface area contributed by atoms with Crippen molar-refractivity contribution in [3.8, 4) is 0 Å². The van der Waals surface area contributed by atoms with Gasteiger partial charge in [-0.05, 0) is 55.4 Å². The lowest BCUT2D eigenvalue weighted by Crippen LogP contribution is -2.35. The lowest BCUT2D eigenvalue weighted by atomic mass is 10.1. The molecule has 1 fully saturated rings. The van der Waals surface area contributed by atoms with Crippen molar-refractivity contribution in [3.63, 3.8) is 0 Å². The molecule has 2 rings (SSSR count). The predicted molar refractivity (Wildman–Crippen MR) is 97.0 cm³/mol. The highest BCUT2D eigenvalue weighted by Gasteiger charge is 2.18. The minimum Gasteiger partial charge on any atom is -0.383 e. The summed E-state index contributed by atoms with van der Waals surface area (Å²) in [4.78, 5) is 26.1. The summed E-state index contributed by atoms with van der Waals surface area (Å²) in [7, 11) is 0. The smallest absolute Gasteiger partial charge is 0.253 e. The van der Waals surface area contributed by atoms with Crippen molar-refractivity contribution in [3.05, 3.63) is 35.4 Å². The monoisotopic (exact) mass is 350 g/mol. The van der Waals surface area contributed by atoms with E-state index in [9.17, 15) is 14.7 Å². The van der Waals surface area contributed by atoms with Crippen LogP contribution in [0.3, 0.4) is 0 Å². The van der Waals surface area contributed by atoms with Gasteiger partial charge in [0.15, 0.2) is 0 Å². The van der Waals surface area contributed by atoms with Gasteiger partial charge in [0.05, 0.1) is 0 Å². The summed E-state index contributed by atoms with van der Waals surface area (Å²) < 4.78 is 0. The maximum atomic E-state index is 12.4. The zero-order valence-electron chi connectivity index (χ0n) is 14.2. The molecule has 0 bridgehead atoms. The van der Waals surface area contributed by atoms with Gasteiger partial charge in [-0.1, -0.05) is 12.1 Å². The van der Waals surface area contributed by atoms with Gasteiger partial charge in [-0.2, -0.15) is 11.8 Å². The van der Waals surface area contributed by atoms with E-state index >= 15 is 0 Å². The largest absolute Gasteiger partial charge is 0.383 e. The molecule has 1 aromatic rings. The molecule has 0 unspecified atom stereocenters. The Kier molecular flexibility index (Phi) is 7.59. The molecule has 0 aromatic heterocycles. The van der Waals surface area contributed by atoms with Crippen molar-refractivity contribution < 1.29 is 14.7 Å². The maximum Gasteiger partial charge on any atom is 0.253 e. The molecule has 1 heterocycles. The number of carbonyl (C=O) groups excluding carboxylic acids is 2. The first-order valence-corrected chi connectivity index (χ1v) is 9.84. The number of amides is 2. The van der Waals surface area contributed by atoms with E-state index in [1.54, 1.807) is 11.8 Å². The maximum absolute atomic E-state index is 12.4. The van der Waals surface area contributed by atoms with Gasteiger partial charge in [-0.25, -0.2) is 0 Å². The summed E-state index contributed by atoms with van der Waals surface area (Å²) in [5.74, 6) is 0.484. The van der Waals surface area contributed by atoms with Gasteiger partial charge in [-0.3, -0.25) is 9.59 Å². The second-order valence-corrected chi connectivity index (χ2v) is 7.05. The Bertz CT molecular complexity index is 542. The highest BCUT2D eigenvalue weighted by Crippen LogP contribution is 2.14. The molecule has 1 aliphatic rings. The molecule has 0 radical (unpaired) electrons. The molecule has 2 amide bonds. The third-order valence-electron chi connectivity index (χ3n) is 4.21. The quantitative estimate of drug-likeness (QED) is 0.790. The molecule has 0 aliphatic carbocycles. The number of nitrogens with zero attached hydrogens (tertiary/aromatic N) is 1. The number of hydrogen-bond donors (Lipinski definition) is 2. The Labute approximate surface area is 147 Å². The van der Waals surface area contributed by atoms with Gasteiger partial charge in [0.1, 0.15) is 6.10 Å². The summed E-state index contributed by atoms with van der Waals surface area (Å²) in [6.07, 6.45) is 4.79. The number of aliphatic hydroxyl groups is 1. The number of nitrogens with one attached hydrogen (secondary N) is 1. The summed E-state index contributed by atoms with van der Waals surface area (Å²) in [5, 5.41) is 12.4. The average molecular weight is 350 g/mol. The Morgan fingerprint density at radius 1 is 1.21 bits per heavy atom. The number of carbonyl (C=O) groups is 2. The number of rotatable bonds is 7. The summed E-state index contributed by atoms with van der Waals surface area (Å²) in [5.41, 5.74) is 1.60. The number of aliphatic hydroxyl groups excluding tert-OH is 1. The Balaban J connectivity index is 1.83. The molecular formula is C18H26N2O3S. The molecule has 24 heavy (non-hydrogen) atoms. The molecule has 2 N–H and O–H groups in total. The molecular weight excluding hydrogens is 324 g/mol. The van der Waals surface area contributed by atoms with Crippen LogP contribution < -0.4 is 5.32 Å². The Hall–Kier alpha value is -1.53. The van der Waals surface area contributed by atoms with Gasteiger partial charge in [0.2, 0.25) is 5.91 Å². The van der Waals surface area contributed by atoms with E-state index in [1.807, 2.05) is 35.4 Å². The zero-order valence-corrected chi connectivity index (χ0v) is 15.0. The fraction of sp³-hybridized carbons (Fsp3) is 0.556. The second kappa shape index (κ2) is 9.69. The lowest BCUT2D eigenvalue weighted by Gasteiger charge is -2.26. The van der Waals surface area contributed by atoms with E-state index in [0.29, 0.717) is 18.5 Å². The topological polar surface area (TPSA) is 69.6 Å². The Morgan fingerprint density at radius 2 is 1.88 bits per heavy atom. The third-order valence-corrected chi connectivity index (χ3v) is 4.85. The molecule has 0 spiro atoms. The van der Waals surface area contributed by atoms with E-state index in [0.717, 1.165) is 37.2 Å². The normalized spacial score (nSPS) is 15.8.